The number of halogens is 1. The zero-order valence-corrected chi connectivity index (χ0v) is 19.4. The van der Waals surface area contributed by atoms with Crippen LogP contribution in [0.5, 0.6) is 0 Å². The molecule has 0 unspecified atom stereocenters. The Labute approximate surface area is 189 Å². The first-order valence-corrected chi connectivity index (χ1v) is 13.0. The van der Waals surface area contributed by atoms with Gasteiger partial charge in [0.05, 0.1) is 16.3 Å². The standard InChI is InChI=1S/C20H24ClN3O5S2/c1-12-8-15(31(27,28)14-2-3-14)10-18(25)24(12)16(9-13-4-6-29-7-5-13)19(26)23-20-22-11-17(21)30-20/h8,10-11,13-14,16H,2-7,9H2,1H3,(H,22,23,26)/t16-/m1/s1. The van der Waals surface area contributed by atoms with E-state index < -0.39 is 26.7 Å². The highest BCUT2D eigenvalue weighted by atomic mass is 35.5. The summed E-state index contributed by atoms with van der Waals surface area (Å²) in [4.78, 5) is 30.4. The van der Waals surface area contributed by atoms with Gasteiger partial charge in [-0.25, -0.2) is 13.4 Å². The number of rotatable bonds is 7. The van der Waals surface area contributed by atoms with Gasteiger partial charge in [0.1, 0.15) is 10.4 Å². The van der Waals surface area contributed by atoms with Crippen LogP contribution >= 0.6 is 22.9 Å². The number of aromatic nitrogens is 2. The number of thiazole rings is 1. The molecule has 3 heterocycles. The van der Waals surface area contributed by atoms with Crippen molar-refractivity contribution in [3.05, 3.63) is 38.7 Å². The topological polar surface area (TPSA) is 107 Å². The lowest BCUT2D eigenvalue weighted by molar-refractivity contribution is -0.120. The zero-order valence-electron chi connectivity index (χ0n) is 17.0. The van der Waals surface area contributed by atoms with Crippen LogP contribution in [-0.4, -0.2) is 42.3 Å². The van der Waals surface area contributed by atoms with E-state index in [-0.39, 0.29) is 16.7 Å². The molecule has 0 aromatic carbocycles. The van der Waals surface area contributed by atoms with E-state index in [1.54, 1.807) is 6.92 Å². The Bertz CT molecular complexity index is 1130. The molecule has 0 bridgehead atoms. The van der Waals surface area contributed by atoms with E-state index in [9.17, 15) is 18.0 Å². The van der Waals surface area contributed by atoms with Crippen molar-refractivity contribution in [3.63, 3.8) is 0 Å². The van der Waals surface area contributed by atoms with Crippen molar-refractivity contribution in [2.75, 3.05) is 18.5 Å². The molecule has 0 radical (unpaired) electrons. The maximum Gasteiger partial charge on any atom is 0.252 e. The molecule has 2 fully saturated rings. The second kappa shape index (κ2) is 9.01. The van der Waals surface area contributed by atoms with E-state index in [0.717, 1.165) is 30.2 Å². The zero-order chi connectivity index (χ0) is 22.2. The van der Waals surface area contributed by atoms with Gasteiger partial charge in [-0.15, -0.1) is 0 Å². The fraction of sp³-hybridized carbons (Fsp3) is 0.550. The number of nitrogens with one attached hydrogen (secondary N) is 1. The lowest BCUT2D eigenvalue weighted by atomic mass is 9.91. The summed E-state index contributed by atoms with van der Waals surface area (Å²) in [5, 5.41) is 2.70. The number of aryl methyl sites for hydroxylation is 1. The van der Waals surface area contributed by atoms with Crippen LogP contribution in [0.4, 0.5) is 5.13 Å². The lowest BCUT2D eigenvalue weighted by Crippen LogP contribution is -2.37. The fourth-order valence-electron chi connectivity index (χ4n) is 3.95. The van der Waals surface area contributed by atoms with Crippen molar-refractivity contribution >= 4 is 43.8 Å². The summed E-state index contributed by atoms with van der Waals surface area (Å²) in [6.07, 6.45) is 4.74. The number of hydrogen-bond donors (Lipinski definition) is 1. The Hall–Kier alpha value is -1.75. The molecule has 2 aromatic rings. The van der Waals surface area contributed by atoms with Crippen molar-refractivity contribution in [3.8, 4) is 0 Å². The molecule has 1 aliphatic heterocycles. The third-order valence-corrected chi connectivity index (χ3v) is 9.02. The Morgan fingerprint density at radius 2 is 2.03 bits per heavy atom. The maximum atomic E-state index is 13.2. The number of hydrogen-bond acceptors (Lipinski definition) is 7. The first kappa shape index (κ1) is 22.4. The molecule has 31 heavy (non-hydrogen) atoms. The summed E-state index contributed by atoms with van der Waals surface area (Å²) in [7, 11) is -3.50. The summed E-state index contributed by atoms with van der Waals surface area (Å²) in [5.74, 6) is -0.161. The SMILES string of the molecule is Cc1cc(S(=O)(=O)C2CC2)cc(=O)n1[C@H](CC1CCOCC1)C(=O)Nc1ncc(Cl)s1. The second-order valence-corrected chi connectivity index (χ2v) is 11.9. The van der Waals surface area contributed by atoms with E-state index in [2.05, 4.69) is 10.3 Å². The van der Waals surface area contributed by atoms with Gasteiger partial charge in [0.2, 0.25) is 5.91 Å². The Morgan fingerprint density at radius 3 is 2.61 bits per heavy atom. The Morgan fingerprint density at radius 1 is 1.32 bits per heavy atom. The predicted molar refractivity (Wildman–Crippen MR) is 119 cm³/mol. The minimum Gasteiger partial charge on any atom is -0.381 e. The van der Waals surface area contributed by atoms with Crippen molar-refractivity contribution in [2.24, 2.45) is 5.92 Å². The summed E-state index contributed by atoms with van der Waals surface area (Å²) in [5.41, 5.74) is -0.0558. The van der Waals surface area contributed by atoms with Gasteiger partial charge in [-0.3, -0.25) is 9.59 Å². The monoisotopic (exact) mass is 485 g/mol. The van der Waals surface area contributed by atoms with E-state index >= 15 is 0 Å². The summed E-state index contributed by atoms with van der Waals surface area (Å²) < 4.78 is 32.5. The fourth-order valence-corrected chi connectivity index (χ4v) is 6.50. The first-order chi connectivity index (χ1) is 14.8. The molecule has 1 saturated carbocycles. The quantitative estimate of drug-likeness (QED) is 0.645. The van der Waals surface area contributed by atoms with E-state index in [4.69, 9.17) is 16.3 Å². The van der Waals surface area contributed by atoms with Crippen LogP contribution in [0.2, 0.25) is 4.34 Å². The normalized spacial score (nSPS) is 18.6. The molecular weight excluding hydrogens is 462 g/mol. The van der Waals surface area contributed by atoms with E-state index in [0.29, 0.717) is 47.6 Å². The van der Waals surface area contributed by atoms with Gasteiger partial charge < -0.3 is 14.6 Å². The highest BCUT2D eigenvalue weighted by Crippen LogP contribution is 2.34. The van der Waals surface area contributed by atoms with Crippen LogP contribution < -0.4 is 10.9 Å². The predicted octanol–water partition coefficient (Wildman–Crippen LogP) is 3.20. The highest BCUT2D eigenvalue weighted by molar-refractivity contribution is 7.92. The summed E-state index contributed by atoms with van der Waals surface area (Å²) >= 11 is 7.05. The van der Waals surface area contributed by atoms with Crippen molar-refractivity contribution in [1.82, 2.24) is 9.55 Å². The minimum atomic E-state index is -3.50. The van der Waals surface area contributed by atoms with Gasteiger partial charge in [0.25, 0.3) is 5.56 Å². The third kappa shape index (κ3) is 5.02. The number of amides is 1. The molecule has 0 spiro atoms. The molecule has 1 amide bonds. The summed E-state index contributed by atoms with van der Waals surface area (Å²) in [6, 6.07) is 1.85. The molecule has 4 rings (SSSR count). The molecular formula is C20H24ClN3O5S2. The number of sulfone groups is 1. The molecule has 1 atom stereocenters. The number of anilines is 1. The largest absolute Gasteiger partial charge is 0.381 e. The van der Waals surface area contributed by atoms with Crippen molar-refractivity contribution < 1.29 is 17.9 Å². The first-order valence-electron chi connectivity index (χ1n) is 10.2. The molecule has 2 aliphatic rings. The van der Waals surface area contributed by atoms with E-state index in [1.807, 2.05) is 0 Å². The van der Waals surface area contributed by atoms with E-state index in [1.165, 1.54) is 16.8 Å². The van der Waals surface area contributed by atoms with Crippen LogP contribution in [-0.2, 0) is 19.4 Å². The third-order valence-electron chi connectivity index (χ3n) is 5.75. The molecule has 8 nitrogen and oxygen atoms in total. The average molecular weight is 486 g/mol. The maximum absolute atomic E-state index is 13.2. The molecule has 1 saturated heterocycles. The van der Waals surface area contributed by atoms with Gasteiger partial charge in [-0.2, -0.15) is 0 Å². The van der Waals surface area contributed by atoms with Crippen molar-refractivity contribution in [2.45, 2.75) is 55.2 Å². The molecule has 1 N–H and O–H groups in total. The number of pyridine rings is 1. The van der Waals surface area contributed by atoms with Crippen LogP contribution in [0.15, 0.2) is 28.0 Å². The average Bonchev–Trinajstić information content (AvgIpc) is 3.51. The lowest BCUT2D eigenvalue weighted by Gasteiger charge is -2.28. The van der Waals surface area contributed by atoms with Gasteiger partial charge >= 0.3 is 0 Å². The van der Waals surface area contributed by atoms with Crippen LogP contribution in [0, 0.1) is 12.8 Å². The van der Waals surface area contributed by atoms with Crippen LogP contribution in [0.1, 0.15) is 43.8 Å². The van der Waals surface area contributed by atoms with Gasteiger partial charge in [-0.05, 0) is 51.0 Å². The molecule has 2 aromatic heterocycles. The molecule has 11 heteroatoms. The van der Waals surface area contributed by atoms with Crippen molar-refractivity contribution in [1.29, 1.82) is 0 Å². The minimum absolute atomic E-state index is 0.0330. The van der Waals surface area contributed by atoms with Gasteiger partial charge in [-0.1, -0.05) is 22.9 Å². The molecule has 1 aliphatic carbocycles. The van der Waals surface area contributed by atoms with Gasteiger partial charge in [0, 0.05) is 25.0 Å². The molecule has 168 valence electrons. The number of carbonyl (C=O) groups excluding carboxylic acids is 1. The smallest absolute Gasteiger partial charge is 0.252 e. The number of ether oxygens (including phenoxy) is 1. The van der Waals surface area contributed by atoms with Gasteiger partial charge in [0.15, 0.2) is 15.0 Å². The Kier molecular flexibility index (Phi) is 6.52. The van der Waals surface area contributed by atoms with Crippen LogP contribution in [0.25, 0.3) is 0 Å². The highest BCUT2D eigenvalue weighted by Gasteiger charge is 2.38. The van der Waals surface area contributed by atoms with Crippen LogP contribution in [0.3, 0.4) is 0 Å². The summed E-state index contributed by atoms with van der Waals surface area (Å²) in [6.45, 7) is 2.90. The Balaban J connectivity index is 1.68. The second-order valence-electron chi connectivity index (χ2n) is 8.05. The number of carbonyl (C=O) groups is 1. The number of nitrogens with zero attached hydrogens (tertiary/aromatic N) is 2.